The number of amides is 4. The maximum absolute atomic E-state index is 13.1. The van der Waals surface area contributed by atoms with Gasteiger partial charge in [-0.1, -0.05) is 6.07 Å². The van der Waals surface area contributed by atoms with Crippen LogP contribution in [0.5, 0.6) is 0 Å². The first-order valence-electron chi connectivity index (χ1n) is 12.0. The number of aromatic nitrogens is 1. The lowest BCUT2D eigenvalue weighted by Crippen LogP contribution is -2.35. The summed E-state index contributed by atoms with van der Waals surface area (Å²) in [5, 5.41) is 17.6. The Morgan fingerprint density at radius 3 is 2.62 bits per heavy atom. The highest BCUT2D eigenvalue weighted by atomic mass is 16.5. The number of nitrogens with zero attached hydrogens (tertiary/aromatic N) is 3. The molecule has 1 aliphatic heterocycles. The van der Waals surface area contributed by atoms with E-state index in [4.69, 9.17) is 4.74 Å². The van der Waals surface area contributed by atoms with Crippen LogP contribution in [0.25, 0.3) is 0 Å². The first-order chi connectivity index (χ1) is 17.8. The maximum atomic E-state index is 13.1. The number of ether oxygens (including phenoxy) is 1. The van der Waals surface area contributed by atoms with E-state index in [0.717, 1.165) is 0 Å². The standard InChI is InChI=1S/C25H32N6O6/c1-3-27-24(35)29-20-14-17(23(34)28-19(15-22(32)33)18-6-4-9-26-16-18)7-8-21(20)30-10-5-11-31(13-12-30)25(36)37-2/h4,6-9,14,16,19H,3,5,10-13,15H2,1-2H3,(H,28,34)(H,32,33)(H2,27,29,35). The van der Waals surface area contributed by atoms with Gasteiger partial charge in [0, 0.05) is 50.7 Å². The maximum Gasteiger partial charge on any atom is 0.409 e. The minimum atomic E-state index is -1.06. The predicted octanol–water partition coefficient (Wildman–Crippen LogP) is 2.45. The molecule has 37 heavy (non-hydrogen) atoms. The lowest BCUT2D eigenvalue weighted by atomic mass is 10.0. The highest BCUT2D eigenvalue weighted by Crippen LogP contribution is 2.29. The van der Waals surface area contributed by atoms with E-state index in [1.807, 2.05) is 4.90 Å². The molecule has 4 amide bonds. The highest BCUT2D eigenvalue weighted by Gasteiger charge is 2.24. The molecular formula is C25H32N6O6. The molecule has 0 saturated carbocycles. The smallest absolute Gasteiger partial charge is 0.409 e. The summed E-state index contributed by atoms with van der Waals surface area (Å²) in [6.07, 6.45) is 3.06. The molecule has 0 radical (unpaired) electrons. The van der Waals surface area contributed by atoms with E-state index < -0.39 is 23.9 Å². The second-order valence-corrected chi connectivity index (χ2v) is 8.42. The number of methoxy groups -OCH3 is 1. The Morgan fingerprint density at radius 2 is 1.95 bits per heavy atom. The number of hydrogen-bond acceptors (Lipinski definition) is 7. The molecule has 12 heteroatoms. The molecule has 4 N–H and O–H groups in total. The Hall–Kier alpha value is -4.35. The van der Waals surface area contributed by atoms with E-state index in [1.54, 1.807) is 48.4 Å². The van der Waals surface area contributed by atoms with E-state index in [1.165, 1.54) is 13.3 Å². The van der Waals surface area contributed by atoms with Crippen LogP contribution in [0.4, 0.5) is 21.0 Å². The number of nitrogens with one attached hydrogen (secondary N) is 3. The van der Waals surface area contributed by atoms with Crippen LogP contribution in [0.15, 0.2) is 42.7 Å². The van der Waals surface area contributed by atoms with Gasteiger partial charge in [0.2, 0.25) is 0 Å². The van der Waals surface area contributed by atoms with Crippen molar-refractivity contribution in [3.05, 3.63) is 53.9 Å². The number of aliphatic carboxylic acids is 1. The van der Waals surface area contributed by atoms with Crippen molar-refractivity contribution in [1.82, 2.24) is 20.5 Å². The summed E-state index contributed by atoms with van der Waals surface area (Å²) < 4.78 is 4.84. The molecule has 1 aromatic carbocycles. The van der Waals surface area contributed by atoms with Crippen molar-refractivity contribution in [2.45, 2.75) is 25.8 Å². The third-order valence-electron chi connectivity index (χ3n) is 5.88. The summed E-state index contributed by atoms with van der Waals surface area (Å²) in [6, 6.07) is 7.08. The Bertz CT molecular complexity index is 1110. The molecular weight excluding hydrogens is 480 g/mol. The van der Waals surface area contributed by atoms with Gasteiger partial charge < -0.3 is 35.6 Å². The lowest BCUT2D eigenvalue weighted by molar-refractivity contribution is -0.137. The van der Waals surface area contributed by atoms with E-state index in [2.05, 4.69) is 20.9 Å². The summed E-state index contributed by atoms with van der Waals surface area (Å²) in [5.41, 5.74) is 1.93. The van der Waals surface area contributed by atoms with Crippen LogP contribution >= 0.6 is 0 Å². The number of urea groups is 1. The molecule has 1 fully saturated rings. The summed E-state index contributed by atoms with van der Waals surface area (Å²) in [6.45, 7) is 4.33. The zero-order valence-corrected chi connectivity index (χ0v) is 20.9. The highest BCUT2D eigenvalue weighted by molar-refractivity contribution is 6.00. The van der Waals surface area contributed by atoms with E-state index in [0.29, 0.717) is 56.1 Å². The Labute approximate surface area is 215 Å². The van der Waals surface area contributed by atoms with Crippen LogP contribution in [0.3, 0.4) is 0 Å². The number of benzene rings is 1. The van der Waals surface area contributed by atoms with Crippen molar-refractivity contribution >= 4 is 35.4 Å². The quantitative estimate of drug-likeness (QED) is 0.421. The van der Waals surface area contributed by atoms with Gasteiger partial charge >= 0.3 is 18.1 Å². The third kappa shape index (κ3) is 7.56. The molecule has 1 aliphatic rings. The number of carbonyl (C=O) groups excluding carboxylic acids is 3. The second-order valence-electron chi connectivity index (χ2n) is 8.42. The van der Waals surface area contributed by atoms with E-state index in [9.17, 15) is 24.3 Å². The van der Waals surface area contributed by atoms with Gasteiger partial charge in [-0.15, -0.1) is 0 Å². The first kappa shape index (κ1) is 27.2. The number of pyridine rings is 1. The van der Waals surface area contributed by atoms with Crippen LogP contribution in [-0.4, -0.2) is 78.8 Å². The van der Waals surface area contributed by atoms with Crippen LogP contribution < -0.4 is 20.9 Å². The Balaban J connectivity index is 1.86. The molecule has 0 spiro atoms. The van der Waals surface area contributed by atoms with Crippen molar-refractivity contribution in [1.29, 1.82) is 0 Å². The fourth-order valence-corrected chi connectivity index (χ4v) is 4.10. The normalized spacial score (nSPS) is 14.2. The van der Waals surface area contributed by atoms with Crippen molar-refractivity contribution in [2.24, 2.45) is 0 Å². The Kier molecular flexibility index (Phi) is 9.64. The number of anilines is 2. The molecule has 3 rings (SSSR count). The fourth-order valence-electron chi connectivity index (χ4n) is 4.10. The number of rotatable bonds is 8. The first-order valence-corrected chi connectivity index (χ1v) is 12.0. The topological polar surface area (TPSA) is 153 Å². The molecule has 198 valence electrons. The number of carbonyl (C=O) groups is 4. The fraction of sp³-hybridized carbons (Fsp3) is 0.400. The molecule has 1 atom stereocenters. The van der Waals surface area contributed by atoms with Gasteiger partial charge in [-0.3, -0.25) is 14.6 Å². The average molecular weight is 513 g/mol. The molecule has 2 heterocycles. The summed E-state index contributed by atoms with van der Waals surface area (Å²) >= 11 is 0. The zero-order chi connectivity index (χ0) is 26.8. The molecule has 1 aromatic heterocycles. The average Bonchev–Trinajstić information content (AvgIpc) is 3.14. The number of carboxylic acids is 1. The molecule has 0 bridgehead atoms. The summed E-state index contributed by atoms with van der Waals surface area (Å²) in [5.74, 6) is -1.56. The van der Waals surface area contributed by atoms with Gasteiger partial charge in [-0.2, -0.15) is 0 Å². The minimum Gasteiger partial charge on any atom is -0.481 e. The molecule has 2 aromatic rings. The van der Waals surface area contributed by atoms with E-state index in [-0.39, 0.29) is 18.1 Å². The predicted molar refractivity (Wildman–Crippen MR) is 137 cm³/mol. The molecule has 0 aliphatic carbocycles. The van der Waals surface area contributed by atoms with Crippen LogP contribution in [-0.2, 0) is 9.53 Å². The van der Waals surface area contributed by atoms with Gasteiger partial charge in [-0.05, 0) is 43.2 Å². The lowest BCUT2D eigenvalue weighted by Gasteiger charge is -2.26. The van der Waals surface area contributed by atoms with Gasteiger partial charge in [0.1, 0.15) is 0 Å². The van der Waals surface area contributed by atoms with Crippen molar-refractivity contribution in [3.63, 3.8) is 0 Å². The monoisotopic (exact) mass is 512 g/mol. The second kappa shape index (κ2) is 13.1. The summed E-state index contributed by atoms with van der Waals surface area (Å²) in [4.78, 5) is 56.6. The van der Waals surface area contributed by atoms with Crippen LogP contribution in [0.2, 0.25) is 0 Å². The van der Waals surface area contributed by atoms with Gasteiger partial charge in [0.15, 0.2) is 0 Å². The van der Waals surface area contributed by atoms with Crippen molar-refractivity contribution < 1.29 is 29.0 Å². The number of carboxylic acid groups (broad SMARTS) is 1. The van der Waals surface area contributed by atoms with Gasteiger partial charge in [-0.25, -0.2) is 9.59 Å². The van der Waals surface area contributed by atoms with Crippen LogP contribution in [0, 0.1) is 0 Å². The zero-order valence-electron chi connectivity index (χ0n) is 20.9. The summed E-state index contributed by atoms with van der Waals surface area (Å²) in [7, 11) is 1.35. The van der Waals surface area contributed by atoms with Crippen molar-refractivity contribution in [2.75, 3.05) is 50.1 Å². The van der Waals surface area contributed by atoms with Gasteiger partial charge in [0.25, 0.3) is 5.91 Å². The molecule has 12 nitrogen and oxygen atoms in total. The molecule has 1 saturated heterocycles. The van der Waals surface area contributed by atoms with E-state index >= 15 is 0 Å². The van der Waals surface area contributed by atoms with Crippen LogP contribution in [0.1, 0.15) is 41.7 Å². The third-order valence-corrected chi connectivity index (χ3v) is 5.88. The van der Waals surface area contributed by atoms with Gasteiger partial charge in [0.05, 0.1) is 30.9 Å². The Morgan fingerprint density at radius 1 is 1.14 bits per heavy atom. The number of hydrogen-bond donors (Lipinski definition) is 4. The minimum absolute atomic E-state index is 0.251. The SMILES string of the molecule is CCNC(=O)Nc1cc(C(=O)NC(CC(=O)O)c2cccnc2)ccc1N1CCCN(C(=O)OC)CC1. The van der Waals surface area contributed by atoms with Crippen molar-refractivity contribution in [3.8, 4) is 0 Å². The largest absolute Gasteiger partial charge is 0.481 e. The molecule has 1 unspecified atom stereocenters.